The fraction of sp³-hybridized carbons (Fsp3) is 0.533. The van der Waals surface area contributed by atoms with Crippen LogP contribution in [0.1, 0.15) is 5.56 Å². The van der Waals surface area contributed by atoms with Crippen LogP contribution >= 0.6 is 11.6 Å². The van der Waals surface area contributed by atoms with Crippen molar-refractivity contribution in [3.8, 4) is 0 Å². The number of nitrogens with zero attached hydrogens (tertiary/aromatic N) is 2. The number of piperazine rings is 1. The largest absolute Gasteiger partial charge is 0.368 e. The van der Waals surface area contributed by atoms with E-state index in [9.17, 15) is 4.79 Å². The molecule has 108 valence electrons. The molecule has 0 aromatic heterocycles. The van der Waals surface area contributed by atoms with Crippen molar-refractivity contribution in [2.75, 3.05) is 44.2 Å². The van der Waals surface area contributed by atoms with Gasteiger partial charge in [-0.05, 0) is 24.6 Å². The van der Waals surface area contributed by atoms with Gasteiger partial charge in [0, 0.05) is 50.0 Å². The van der Waals surface area contributed by atoms with Crippen LogP contribution < -0.4 is 10.2 Å². The van der Waals surface area contributed by atoms with Crippen LogP contribution in [-0.2, 0) is 4.79 Å². The van der Waals surface area contributed by atoms with Crippen LogP contribution in [0.15, 0.2) is 18.2 Å². The van der Waals surface area contributed by atoms with E-state index in [1.54, 1.807) is 0 Å². The number of hydrogen-bond donors (Lipinski definition) is 1. The monoisotopic (exact) mass is 293 g/mol. The van der Waals surface area contributed by atoms with Gasteiger partial charge in [0.1, 0.15) is 0 Å². The molecule has 0 aliphatic carbocycles. The summed E-state index contributed by atoms with van der Waals surface area (Å²) < 4.78 is 0. The first kappa shape index (κ1) is 13.7. The zero-order chi connectivity index (χ0) is 14.1. The molecule has 1 amide bonds. The van der Waals surface area contributed by atoms with Gasteiger partial charge < -0.3 is 15.1 Å². The highest BCUT2D eigenvalue weighted by atomic mass is 35.5. The summed E-state index contributed by atoms with van der Waals surface area (Å²) in [6, 6.07) is 5.99. The van der Waals surface area contributed by atoms with Crippen molar-refractivity contribution in [2.45, 2.75) is 6.92 Å². The van der Waals surface area contributed by atoms with Crippen molar-refractivity contribution >= 4 is 23.2 Å². The van der Waals surface area contributed by atoms with Gasteiger partial charge in [-0.15, -0.1) is 0 Å². The number of benzene rings is 1. The van der Waals surface area contributed by atoms with Crippen molar-refractivity contribution in [3.63, 3.8) is 0 Å². The molecule has 1 aromatic carbocycles. The highest BCUT2D eigenvalue weighted by Gasteiger charge is 2.31. The predicted octanol–water partition coefficient (Wildman–Crippen LogP) is 1.52. The second-order valence-corrected chi connectivity index (χ2v) is 6.03. The van der Waals surface area contributed by atoms with Crippen LogP contribution in [0, 0.1) is 12.8 Å². The maximum Gasteiger partial charge on any atom is 0.228 e. The van der Waals surface area contributed by atoms with Gasteiger partial charge in [0.05, 0.1) is 5.92 Å². The molecule has 1 N–H and O–H groups in total. The van der Waals surface area contributed by atoms with Gasteiger partial charge >= 0.3 is 0 Å². The third-order valence-corrected chi connectivity index (χ3v) is 4.47. The van der Waals surface area contributed by atoms with Gasteiger partial charge in [0.2, 0.25) is 5.91 Å². The molecular weight excluding hydrogens is 274 g/mol. The standard InChI is InChI=1S/C15H20ClN3O/c1-11-2-3-13(16)8-14(11)18-4-6-19(7-5-18)15(20)12-9-17-10-12/h2-3,8,12,17H,4-7,9-10H2,1H3. The number of nitrogens with one attached hydrogen (secondary N) is 1. The van der Waals surface area contributed by atoms with Gasteiger partial charge in [-0.2, -0.15) is 0 Å². The quantitative estimate of drug-likeness (QED) is 0.898. The molecule has 0 bridgehead atoms. The number of aryl methyl sites for hydroxylation is 1. The molecule has 0 atom stereocenters. The first-order valence-electron chi connectivity index (χ1n) is 7.16. The van der Waals surface area contributed by atoms with E-state index in [0.717, 1.165) is 44.3 Å². The molecule has 2 heterocycles. The van der Waals surface area contributed by atoms with Crippen LogP contribution in [0.5, 0.6) is 0 Å². The normalized spacial score (nSPS) is 19.9. The van der Waals surface area contributed by atoms with E-state index >= 15 is 0 Å². The fourth-order valence-electron chi connectivity index (χ4n) is 2.81. The highest BCUT2D eigenvalue weighted by molar-refractivity contribution is 6.30. The Bertz CT molecular complexity index is 508. The van der Waals surface area contributed by atoms with Crippen LogP contribution in [0.25, 0.3) is 0 Å². The van der Waals surface area contributed by atoms with Crippen LogP contribution in [0.4, 0.5) is 5.69 Å². The summed E-state index contributed by atoms with van der Waals surface area (Å²) in [4.78, 5) is 16.5. The van der Waals surface area contributed by atoms with E-state index in [1.807, 2.05) is 17.0 Å². The maximum absolute atomic E-state index is 12.2. The Labute approximate surface area is 124 Å². The second kappa shape index (κ2) is 5.62. The smallest absolute Gasteiger partial charge is 0.228 e. The summed E-state index contributed by atoms with van der Waals surface area (Å²) in [5.41, 5.74) is 2.42. The Morgan fingerprint density at radius 2 is 1.95 bits per heavy atom. The van der Waals surface area contributed by atoms with Crippen LogP contribution in [0.3, 0.4) is 0 Å². The zero-order valence-electron chi connectivity index (χ0n) is 11.7. The molecular formula is C15H20ClN3O. The van der Waals surface area contributed by atoms with E-state index < -0.39 is 0 Å². The number of carbonyl (C=O) groups is 1. The summed E-state index contributed by atoms with van der Waals surface area (Å²) in [5.74, 6) is 0.515. The van der Waals surface area contributed by atoms with E-state index in [1.165, 1.54) is 11.3 Å². The number of amides is 1. The molecule has 0 saturated carbocycles. The SMILES string of the molecule is Cc1ccc(Cl)cc1N1CCN(C(=O)C2CNC2)CC1. The first-order valence-corrected chi connectivity index (χ1v) is 7.53. The lowest BCUT2D eigenvalue weighted by atomic mass is 10.0. The van der Waals surface area contributed by atoms with Gasteiger partial charge in [-0.3, -0.25) is 4.79 Å². The molecule has 0 spiro atoms. The second-order valence-electron chi connectivity index (χ2n) is 5.60. The number of halogens is 1. The Hall–Kier alpha value is -1.26. The average Bonchev–Trinajstić information content (AvgIpc) is 2.40. The van der Waals surface area contributed by atoms with Gasteiger partial charge in [0.25, 0.3) is 0 Å². The van der Waals surface area contributed by atoms with E-state index in [2.05, 4.69) is 23.2 Å². The van der Waals surface area contributed by atoms with Crippen LogP contribution in [-0.4, -0.2) is 50.1 Å². The summed E-state index contributed by atoms with van der Waals surface area (Å²) in [6.45, 7) is 7.16. The minimum atomic E-state index is 0.203. The molecule has 4 nitrogen and oxygen atoms in total. The lowest BCUT2D eigenvalue weighted by Gasteiger charge is -2.39. The minimum Gasteiger partial charge on any atom is -0.368 e. The first-order chi connectivity index (χ1) is 9.65. The minimum absolute atomic E-state index is 0.203. The highest BCUT2D eigenvalue weighted by Crippen LogP contribution is 2.25. The molecule has 2 aliphatic heterocycles. The van der Waals surface area contributed by atoms with Gasteiger partial charge in [-0.1, -0.05) is 17.7 Å². The van der Waals surface area contributed by atoms with Crippen LogP contribution in [0.2, 0.25) is 5.02 Å². The number of carbonyl (C=O) groups excluding carboxylic acids is 1. The van der Waals surface area contributed by atoms with E-state index in [4.69, 9.17) is 11.6 Å². The van der Waals surface area contributed by atoms with Gasteiger partial charge in [0.15, 0.2) is 0 Å². The van der Waals surface area contributed by atoms with Crippen molar-refractivity contribution in [2.24, 2.45) is 5.92 Å². The van der Waals surface area contributed by atoms with Crippen molar-refractivity contribution in [1.82, 2.24) is 10.2 Å². The van der Waals surface area contributed by atoms with Crippen molar-refractivity contribution < 1.29 is 4.79 Å². The molecule has 0 unspecified atom stereocenters. The summed E-state index contributed by atoms with van der Waals surface area (Å²) in [5, 5.41) is 3.93. The number of anilines is 1. The molecule has 1 aromatic rings. The summed E-state index contributed by atoms with van der Waals surface area (Å²) >= 11 is 6.08. The average molecular weight is 294 g/mol. The molecule has 2 fully saturated rings. The third-order valence-electron chi connectivity index (χ3n) is 4.23. The van der Waals surface area contributed by atoms with E-state index in [0.29, 0.717) is 5.91 Å². The topological polar surface area (TPSA) is 35.6 Å². The fourth-order valence-corrected chi connectivity index (χ4v) is 2.98. The molecule has 5 heteroatoms. The lowest BCUT2D eigenvalue weighted by molar-refractivity contribution is -0.137. The Morgan fingerprint density at radius 3 is 2.55 bits per heavy atom. The number of rotatable bonds is 2. The van der Waals surface area contributed by atoms with Gasteiger partial charge in [-0.25, -0.2) is 0 Å². The number of hydrogen-bond acceptors (Lipinski definition) is 3. The third kappa shape index (κ3) is 2.63. The molecule has 0 radical (unpaired) electrons. The Morgan fingerprint density at radius 1 is 1.25 bits per heavy atom. The summed E-state index contributed by atoms with van der Waals surface area (Å²) in [7, 11) is 0. The molecule has 2 saturated heterocycles. The zero-order valence-corrected chi connectivity index (χ0v) is 12.5. The van der Waals surface area contributed by atoms with Crippen molar-refractivity contribution in [3.05, 3.63) is 28.8 Å². The lowest BCUT2D eigenvalue weighted by Crippen LogP contribution is -2.56. The summed E-state index contributed by atoms with van der Waals surface area (Å²) in [6.07, 6.45) is 0. The molecule has 3 rings (SSSR count). The maximum atomic E-state index is 12.2. The van der Waals surface area contributed by atoms with Crippen molar-refractivity contribution in [1.29, 1.82) is 0 Å². The molecule has 2 aliphatic rings. The van der Waals surface area contributed by atoms with E-state index in [-0.39, 0.29) is 5.92 Å². The predicted molar refractivity (Wildman–Crippen MR) is 81.3 cm³/mol. The Balaban J connectivity index is 1.63. The Kier molecular flexibility index (Phi) is 3.85. The molecule has 20 heavy (non-hydrogen) atoms.